The summed E-state index contributed by atoms with van der Waals surface area (Å²) in [5, 5.41) is 11.5. The van der Waals surface area contributed by atoms with Crippen LogP contribution in [0.25, 0.3) is 0 Å². The standard InChI is InChI=1S/C18H19N3O3S/c1-10-9-25-17(20-10)15(7-19)16(22)8-24-18(23)14-6-11(2)21(12(14)3)13-4-5-13/h6,9,13,15H,4-5,8H2,1-3H3/t15-/m0/s1. The number of hydrogen-bond donors (Lipinski definition) is 0. The Balaban J connectivity index is 1.67. The fourth-order valence-electron chi connectivity index (χ4n) is 2.95. The first-order valence-electron chi connectivity index (χ1n) is 8.12. The minimum atomic E-state index is -0.995. The summed E-state index contributed by atoms with van der Waals surface area (Å²) >= 11 is 1.26. The first kappa shape index (κ1) is 17.4. The maximum atomic E-state index is 12.3. The van der Waals surface area contributed by atoms with E-state index in [1.54, 1.807) is 18.4 Å². The summed E-state index contributed by atoms with van der Waals surface area (Å²) in [4.78, 5) is 28.8. The van der Waals surface area contributed by atoms with Crippen molar-refractivity contribution < 1.29 is 14.3 Å². The number of hydrogen-bond acceptors (Lipinski definition) is 6. The summed E-state index contributed by atoms with van der Waals surface area (Å²) in [7, 11) is 0. The minimum Gasteiger partial charge on any atom is -0.454 e. The topological polar surface area (TPSA) is 85.0 Å². The van der Waals surface area contributed by atoms with E-state index in [1.165, 1.54) is 11.3 Å². The predicted octanol–water partition coefficient (Wildman–Crippen LogP) is 3.24. The Labute approximate surface area is 150 Å². The molecule has 0 spiro atoms. The first-order valence-corrected chi connectivity index (χ1v) is 9.00. The van der Waals surface area contributed by atoms with E-state index in [-0.39, 0.29) is 0 Å². The zero-order valence-corrected chi connectivity index (χ0v) is 15.2. The van der Waals surface area contributed by atoms with Crippen molar-refractivity contribution in [3.8, 4) is 6.07 Å². The molecule has 25 heavy (non-hydrogen) atoms. The van der Waals surface area contributed by atoms with Gasteiger partial charge in [-0.15, -0.1) is 11.3 Å². The Morgan fingerprint density at radius 1 is 1.44 bits per heavy atom. The molecule has 6 nitrogen and oxygen atoms in total. The summed E-state index contributed by atoms with van der Waals surface area (Å²) in [6.45, 7) is 5.22. The molecule has 0 aromatic carbocycles. The van der Waals surface area contributed by atoms with Gasteiger partial charge in [0.05, 0.1) is 11.6 Å². The lowest BCUT2D eigenvalue weighted by Gasteiger charge is -2.08. The molecule has 0 unspecified atom stereocenters. The molecule has 0 radical (unpaired) electrons. The van der Waals surface area contributed by atoms with Crippen molar-refractivity contribution in [2.24, 2.45) is 0 Å². The van der Waals surface area contributed by atoms with Crippen LogP contribution in [0.2, 0.25) is 0 Å². The Bertz CT molecular complexity index is 871. The molecule has 0 N–H and O–H groups in total. The molecule has 1 saturated carbocycles. The molecule has 0 aliphatic heterocycles. The van der Waals surface area contributed by atoms with Crippen molar-refractivity contribution in [3.05, 3.63) is 39.1 Å². The number of carbonyl (C=O) groups excluding carboxylic acids is 2. The Hall–Kier alpha value is -2.46. The summed E-state index contributed by atoms with van der Waals surface area (Å²) in [6, 6.07) is 4.22. The zero-order chi connectivity index (χ0) is 18.1. The highest BCUT2D eigenvalue weighted by Gasteiger charge is 2.29. The first-order chi connectivity index (χ1) is 11.9. The quantitative estimate of drug-likeness (QED) is 0.741. The van der Waals surface area contributed by atoms with Gasteiger partial charge in [0, 0.05) is 28.5 Å². The Kier molecular flexibility index (Phi) is 4.73. The van der Waals surface area contributed by atoms with Crippen molar-refractivity contribution in [1.29, 1.82) is 5.26 Å². The van der Waals surface area contributed by atoms with Gasteiger partial charge in [0.1, 0.15) is 5.01 Å². The van der Waals surface area contributed by atoms with Gasteiger partial charge < -0.3 is 9.30 Å². The molecule has 2 aromatic heterocycles. The monoisotopic (exact) mass is 357 g/mol. The number of ether oxygens (including phenoxy) is 1. The number of aromatic nitrogens is 2. The molecule has 1 fully saturated rings. The molecule has 0 saturated heterocycles. The van der Waals surface area contributed by atoms with E-state index in [0.29, 0.717) is 16.6 Å². The normalized spacial score (nSPS) is 14.8. The highest BCUT2D eigenvalue weighted by Crippen LogP contribution is 2.38. The lowest BCUT2D eigenvalue weighted by atomic mass is 10.1. The molecule has 2 heterocycles. The van der Waals surface area contributed by atoms with Crippen LogP contribution in [-0.4, -0.2) is 27.9 Å². The molecule has 130 valence electrons. The highest BCUT2D eigenvalue weighted by atomic mass is 32.1. The largest absolute Gasteiger partial charge is 0.454 e. The second kappa shape index (κ2) is 6.81. The number of aryl methyl sites for hydroxylation is 2. The van der Waals surface area contributed by atoms with Crippen LogP contribution in [0.3, 0.4) is 0 Å². The smallest absolute Gasteiger partial charge is 0.340 e. The van der Waals surface area contributed by atoms with Crippen molar-refractivity contribution in [2.75, 3.05) is 6.61 Å². The summed E-state index contributed by atoms with van der Waals surface area (Å²) in [5.41, 5.74) is 3.13. The lowest BCUT2D eigenvalue weighted by molar-refractivity contribution is -0.122. The van der Waals surface area contributed by atoms with E-state index in [2.05, 4.69) is 9.55 Å². The third-order valence-corrected chi connectivity index (χ3v) is 5.32. The number of thiazole rings is 1. The Morgan fingerprint density at radius 3 is 2.72 bits per heavy atom. The number of nitriles is 1. The molecule has 2 aromatic rings. The van der Waals surface area contributed by atoms with Gasteiger partial charge in [-0.25, -0.2) is 9.78 Å². The van der Waals surface area contributed by atoms with Crippen LogP contribution in [0, 0.1) is 32.1 Å². The van der Waals surface area contributed by atoms with Crippen LogP contribution in [0.1, 0.15) is 57.2 Å². The minimum absolute atomic E-state index is 0.428. The number of esters is 1. The Morgan fingerprint density at radius 2 is 2.16 bits per heavy atom. The molecule has 0 amide bonds. The van der Waals surface area contributed by atoms with Gasteiger partial charge in [0.2, 0.25) is 0 Å². The molecular weight excluding hydrogens is 338 g/mol. The van der Waals surface area contributed by atoms with Gasteiger partial charge in [-0.2, -0.15) is 5.26 Å². The van der Waals surface area contributed by atoms with E-state index in [0.717, 1.165) is 29.9 Å². The van der Waals surface area contributed by atoms with Crippen LogP contribution < -0.4 is 0 Å². The van der Waals surface area contributed by atoms with Crippen LogP contribution in [0.4, 0.5) is 0 Å². The SMILES string of the molecule is Cc1csc([C@@H](C#N)C(=O)COC(=O)c2cc(C)n(C3CC3)c2C)n1. The van der Waals surface area contributed by atoms with Crippen molar-refractivity contribution >= 4 is 23.1 Å². The lowest BCUT2D eigenvalue weighted by Crippen LogP contribution is -2.20. The molecule has 1 aliphatic carbocycles. The maximum absolute atomic E-state index is 12.3. The second-order valence-corrected chi connectivity index (χ2v) is 7.21. The van der Waals surface area contributed by atoms with Gasteiger partial charge >= 0.3 is 5.97 Å². The molecular formula is C18H19N3O3S. The second-order valence-electron chi connectivity index (χ2n) is 6.32. The number of rotatable bonds is 6. The average Bonchev–Trinajstić information content (AvgIpc) is 3.24. The molecule has 1 atom stereocenters. The third-order valence-electron chi connectivity index (χ3n) is 4.30. The molecule has 1 aliphatic rings. The molecule has 3 rings (SSSR count). The molecule has 7 heteroatoms. The van der Waals surface area contributed by atoms with Crippen molar-refractivity contribution in [2.45, 2.75) is 45.6 Å². The van der Waals surface area contributed by atoms with Gasteiger partial charge in [-0.3, -0.25) is 4.79 Å². The van der Waals surface area contributed by atoms with E-state index >= 15 is 0 Å². The van der Waals surface area contributed by atoms with Gasteiger partial charge in [-0.05, 0) is 39.7 Å². The number of carbonyl (C=O) groups is 2. The van der Waals surface area contributed by atoms with Crippen LogP contribution in [0.5, 0.6) is 0 Å². The number of ketones is 1. The van der Waals surface area contributed by atoms with Gasteiger partial charge in [0.15, 0.2) is 18.3 Å². The van der Waals surface area contributed by atoms with E-state index < -0.39 is 24.3 Å². The van der Waals surface area contributed by atoms with Gasteiger partial charge in [0.25, 0.3) is 0 Å². The van der Waals surface area contributed by atoms with Crippen LogP contribution in [-0.2, 0) is 9.53 Å². The summed E-state index contributed by atoms with van der Waals surface area (Å²) in [6.07, 6.45) is 2.25. The predicted molar refractivity (Wildman–Crippen MR) is 92.7 cm³/mol. The molecule has 0 bridgehead atoms. The van der Waals surface area contributed by atoms with Gasteiger partial charge in [-0.1, -0.05) is 0 Å². The average molecular weight is 357 g/mol. The van der Waals surface area contributed by atoms with Crippen molar-refractivity contribution in [1.82, 2.24) is 9.55 Å². The fourth-order valence-corrected chi connectivity index (χ4v) is 3.81. The summed E-state index contributed by atoms with van der Waals surface area (Å²) in [5.74, 6) is -1.98. The maximum Gasteiger partial charge on any atom is 0.340 e. The zero-order valence-electron chi connectivity index (χ0n) is 14.4. The summed E-state index contributed by atoms with van der Waals surface area (Å²) < 4.78 is 7.32. The van der Waals surface area contributed by atoms with Crippen LogP contribution >= 0.6 is 11.3 Å². The van der Waals surface area contributed by atoms with E-state index in [9.17, 15) is 14.9 Å². The number of Topliss-reactive ketones (excluding diaryl/α,β-unsaturated/α-hetero) is 1. The number of nitrogens with zero attached hydrogens (tertiary/aromatic N) is 3. The van der Waals surface area contributed by atoms with Crippen molar-refractivity contribution in [3.63, 3.8) is 0 Å². The highest BCUT2D eigenvalue weighted by molar-refractivity contribution is 7.09. The third kappa shape index (κ3) is 3.49. The van der Waals surface area contributed by atoms with E-state index in [4.69, 9.17) is 4.74 Å². The van der Waals surface area contributed by atoms with E-state index in [1.807, 2.05) is 19.9 Å². The van der Waals surface area contributed by atoms with Crippen LogP contribution in [0.15, 0.2) is 11.4 Å². The fraction of sp³-hybridized carbons (Fsp3) is 0.444.